The Hall–Kier alpha value is 1.76. The lowest BCUT2D eigenvalue weighted by Crippen LogP contribution is -2.29. The molecule has 0 spiro atoms. The minimum absolute atomic E-state index is 1.16. The molecule has 0 radical (unpaired) electrons. The molecule has 0 aromatic carbocycles. The smallest absolute Gasteiger partial charge is 0.0165 e. The van der Waals surface area contributed by atoms with Gasteiger partial charge in [0.15, 0.2) is 0 Å². The standard InChI is InChI=1S/C52H106N2S6/c1-5-9-12-15-18-21-24-27-30-35-46-55-58-49-42-53-41-34-33-39-52(8-4)40-38-43-54(44-50-59-56-47-36-31-28-25-22-19-16-13-10-6-2)45-51-60-57-48-37-32-29-26-23-20-17-14-11-7-3/h8,53H,5-7,9-51H2,1-4H3/b52-8-. The van der Waals surface area contributed by atoms with Crippen LogP contribution >= 0.6 is 64.8 Å². The first-order chi connectivity index (χ1) is 29.8. The fourth-order valence-electron chi connectivity index (χ4n) is 7.75. The fourth-order valence-corrected chi connectivity index (χ4v) is 14.2. The number of allylic oxidation sites excluding steroid dienone is 2. The Labute approximate surface area is 403 Å². The van der Waals surface area contributed by atoms with Gasteiger partial charge in [0.25, 0.3) is 0 Å². The van der Waals surface area contributed by atoms with Gasteiger partial charge < -0.3 is 10.2 Å². The van der Waals surface area contributed by atoms with Crippen molar-refractivity contribution in [3.63, 3.8) is 0 Å². The second kappa shape index (κ2) is 56.9. The summed E-state index contributed by atoms with van der Waals surface area (Å²) in [7, 11) is 12.7. The summed E-state index contributed by atoms with van der Waals surface area (Å²) >= 11 is 0. The Morgan fingerprint density at radius 2 is 0.667 bits per heavy atom. The van der Waals surface area contributed by atoms with Crippen molar-refractivity contribution >= 4 is 64.8 Å². The van der Waals surface area contributed by atoms with Crippen molar-refractivity contribution in [2.24, 2.45) is 0 Å². The third-order valence-electron chi connectivity index (χ3n) is 11.8. The lowest BCUT2D eigenvalue weighted by atomic mass is 10.0. The minimum Gasteiger partial charge on any atom is -0.316 e. The molecule has 0 heterocycles. The average molecular weight is 952 g/mol. The van der Waals surface area contributed by atoms with Crippen molar-refractivity contribution in [2.75, 3.05) is 67.2 Å². The number of nitrogens with zero attached hydrogens (tertiary/aromatic N) is 1. The van der Waals surface area contributed by atoms with E-state index in [1.807, 2.05) is 0 Å². The quantitative estimate of drug-likeness (QED) is 0.0364. The van der Waals surface area contributed by atoms with Gasteiger partial charge in [-0.1, -0.05) is 271 Å². The number of unbranched alkanes of at least 4 members (excludes halogenated alkanes) is 28. The topological polar surface area (TPSA) is 15.3 Å². The molecule has 0 unspecified atom stereocenters. The molecule has 60 heavy (non-hydrogen) atoms. The van der Waals surface area contributed by atoms with Crippen molar-refractivity contribution in [1.29, 1.82) is 0 Å². The van der Waals surface area contributed by atoms with E-state index in [9.17, 15) is 0 Å². The Morgan fingerprint density at radius 1 is 0.333 bits per heavy atom. The molecule has 2 nitrogen and oxygen atoms in total. The Morgan fingerprint density at radius 3 is 1.05 bits per heavy atom. The zero-order chi connectivity index (χ0) is 43.3. The lowest BCUT2D eigenvalue weighted by molar-refractivity contribution is 0.304. The summed E-state index contributed by atoms with van der Waals surface area (Å²) in [6, 6.07) is 0. The minimum atomic E-state index is 1.16. The molecule has 0 bridgehead atoms. The maximum atomic E-state index is 3.72. The van der Waals surface area contributed by atoms with E-state index in [2.05, 4.69) is 109 Å². The highest BCUT2D eigenvalue weighted by Crippen LogP contribution is 2.26. The van der Waals surface area contributed by atoms with Gasteiger partial charge in [-0.3, -0.25) is 0 Å². The van der Waals surface area contributed by atoms with Crippen molar-refractivity contribution in [2.45, 2.75) is 252 Å². The van der Waals surface area contributed by atoms with Gasteiger partial charge in [-0.15, -0.1) is 0 Å². The van der Waals surface area contributed by atoms with E-state index in [1.165, 1.54) is 285 Å². The SMILES string of the molecule is C/C=C(/CCCCNCCSSCCCCCCCCCCCC)CCCN(CCSSCCCCCCCCCCCC)CCSSCCCCCCCCCCCC. The predicted octanol–water partition coefficient (Wildman–Crippen LogP) is 19.7. The summed E-state index contributed by atoms with van der Waals surface area (Å²) in [4.78, 5) is 2.80. The van der Waals surface area contributed by atoms with Gasteiger partial charge in [0.2, 0.25) is 0 Å². The average Bonchev–Trinajstić information content (AvgIpc) is 3.26. The highest BCUT2D eigenvalue weighted by atomic mass is 33.1. The normalized spacial score (nSPS) is 12.1. The highest BCUT2D eigenvalue weighted by Gasteiger charge is 2.08. The second-order valence-electron chi connectivity index (χ2n) is 17.6. The predicted molar refractivity (Wildman–Crippen MR) is 296 cm³/mol. The van der Waals surface area contributed by atoms with Gasteiger partial charge in [0.1, 0.15) is 0 Å². The zero-order valence-corrected chi connectivity index (χ0v) is 45.9. The van der Waals surface area contributed by atoms with Crippen LogP contribution in [0.3, 0.4) is 0 Å². The van der Waals surface area contributed by atoms with Gasteiger partial charge in [-0.05, 0) is 71.4 Å². The zero-order valence-electron chi connectivity index (χ0n) is 41.0. The second-order valence-corrected chi connectivity index (χ2v) is 25.7. The number of nitrogens with one attached hydrogen (secondary N) is 1. The van der Waals surface area contributed by atoms with Crippen molar-refractivity contribution in [3.05, 3.63) is 11.6 Å². The molecular weight excluding hydrogens is 845 g/mol. The first-order valence-corrected chi connectivity index (χ1v) is 34.0. The molecule has 0 aromatic rings. The molecule has 360 valence electrons. The first kappa shape index (κ1) is 61.8. The summed E-state index contributed by atoms with van der Waals surface area (Å²) < 4.78 is 0. The summed E-state index contributed by atoms with van der Waals surface area (Å²) in [5.74, 6) is 7.80. The monoisotopic (exact) mass is 951 g/mol. The number of hydrogen-bond acceptors (Lipinski definition) is 8. The summed E-state index contributed by atoms with van der Waals surface area (Å²) in [5.41, 5.74) is 1.69. The van der Waals surface area contributed by atoms with Crippen LogP contribution in [0.25, 0.3) is 0 Å². The van der Waals surface area contributed by atoms with Gasteiger partial charge in [-0.2, -0.15) is 0 Å². The van der Waals surface area contributed by atoms with E-state index in [0.29, 0.717) is 0 Å². The third-order valence-corrected chi connectivity index (χ3v) is 19.3. The van der Waals surface area contributed by atoms with Crippen molar-refractivity contribution < 1.29 is 0 Å². The van der Waals surface area contributed by atoms with E-state index in [0.717, 1.165) is 6.54 Å². The van der Waals surface area contributed by atoms with Crippen LogP contribution in [0.5, 0.6) is 0 Å². The summed E-state index contributed by atoms with van der Waals surface area (Å²) in [5, 5.41) is 3.72. The van der Waals surface area contributed by atoms with Gasteiger partial charge in [0, 0.05) is 54.2 Å². The number of hydrogen-bond donors (Lipinski definition) is 1. The molecule has 8 heteroatoms. The maximum Gasteiger partial charge on any atom is 0.0165 e. The van der Waals surface area contributed by atoms with E-state index in [-0.39, 0.29) is 0 Å². The Kier molecular flexibility index (Phi) is 58.6. The lowest BCUT2D eigenvalue weighted by Gasteiger charge is -2.22. The molecule has 0 aliphatic carbocycles. The van der Waals surface area contributed by atoms with Gasteiger partial charge >= 0.3 is 0 Å². The third kappa shape index (κ3) is 52.4. The molecule has 0 aliphatic heterocycles. The first-order valence-electron chi connectivity index (χ1n) is 26.6. The molecule has 0 aromatic heterocycles. The molecule has 0 saturated heterocycles. The van der Waals surface area contributed by atoms with E-state index in [4.69, 9.17) is 0 Å². The van der Waals surface area contributed by atoms with Crippen LogP contribution in [-0.4, -0.2) is 72.1 Å². The Bertz CT molecular complexity index is 770. The van der Waals surface area contributed by atoms with Crippen LogP contribution in [0.2, 0.25) is 0 Å². The van der Waals surface area contributed by atoms with Gasteiger partial charge in [-0.25, -0.2) is 0 Å². The van der Waals surface area contributed by atoms with Crippen LogP contribution in [0.1, 0.15) is 252 Å². The molecule has 0 atom stereocenters. The van der Waals surface area contributed by atoms with Gasteiger partial charge in [0.05, 0.1) is 0 Å². The molecule has 0 aliphatic rings. The summed E-state index contributed by atoms with van der Waals surface area (Å²) in [6.07, 6.45) is 52.1. The largest absolute Gasteiger partial charge is 0.316 e. The fraction of sp³-hybridized carbons (Fsp3) is 0.962. The van der Waals surface area contributed by atoms with Crippen LogP contribution < -0.4 is 5.32 Å². The summed E-state index contributed by atoms with van der Waals surface area (Å²) in [6.45, 7) is 15.3. The van der Waals surface area contributed by atoms with E-state index < -0.39 is 0 Å². The van der Waals surface area contributed by atoms with E-state index >= 15 is 0 Å². The van der Waals surface area contributed by atoms with E-state index in [1.54, 1.807) is 5.57 Å². The molecule has 0 rings (SSSR count). The molecule has 0 saturated carbocycles. The molecule has 1 N–H and O–H groups in total. The Balaban J connectivity index is 4.09. The maximum absolute atomic E-state index is 3.72. The molecular formula is C52H106N2S6. The van der Waals surface area contributed by atoms with Crippen molar-refractivity contribution in [3.8, 4) is 0 Å². The van der Waals surface area contributed by atoms with Crippen molar-refractivity contribution in [1.82, 2.24) is 10.2 Å². The van der Waals surface area contributed by atoms with Crippen LogP contribution in [-0.2, 0) is 0 Å². The molecule has 0 amide bonds. The number of rotatable bonds is 54. The van der Waals surface area contributed by atoms with Crippen LogP contribution in [0.15, 0.2) is 11.6 Å². The van der Waals surface area contributed by atoms with Crippen LogP contribution in [0.4, 0.5) is 0 Å². The highest BCUT2D eigenvalue weighted by molar-refractivity contribution is 8.77. The molecule has 0 fully saturated rings. The van der Waals surface area contributed by atoms with Crippen LogP contribution in [0, 0.1) is 0 Å².